The molecule has 1 amide bonds. The third-order valence-electron chi connectivity index (χ3n) is 5.92. The number of aromatic nitrogens is 1. The fraction of sp³-hybridized carbons (Fsp3) is 0.360. The Morgan fingerprint density at radius 2 is 1.94 bits per heavy atom. The highest BCUT2D eigenvalue weighted by molar-refractivity contribution is 8.26. The van der Waals surface area contributed by atoms with E-state index in [4.69, 9.17) is 17.0 Å². The zero-order valence-corrected chi connectivity index (χ0v) is 21.1. The summed E-state index contributed by atoms with van der Waals surface area (Å²) in [4.78, 5) is 17.0. The highest BCUT2D eigenvalue weighted by atomic mass is 35.5. The molecule has 0 saturated carbocycles. The van der Waals surface area contributed by atoms with Gasteiger partial charge < -0.3 is 4.57 Å². The Morgan fingerprint density at radius 1 is 1.18 bits per heavy atom. The molecule has 0 bridgehead atoms. The van der Waals surface area contributed by atoms with Crippen molar-refractivity contribution < 1.29 is 9.18 Å². The molecule has 2 aliphatic rings. The molecule has 0 fully saturated rings. The predicted molar refractivity (Wildman–Crippen MR) is 139 cm³/mol. The van der Waals surface area contributed by atoms with Gasteiger partial charge in [-0.3, -0.25) is 10.2 Å². The highest BCUT2D eigenvalue weighted by Crippen LogP contribution is 2.31. The number of benzene rings is 1. The van der Waals surface area contributed by atoms with Gasteiger partial charge in [0.25, 0.3) is 5.91 Å². The second-order valence-electron chi connectivity index (χ2n) is 8.44. The summed E-state index contributed by atoms with van der Waals surface area (Å²) in [5.41, 5.74) is 3.42. The highest BCUT2D eigenvalue weighted by Gasteiger charge is 2.35. The van der Waals surface area contributed by atoms with Crippen LogP contribution in [0.3, 0.4) is 0 Å². The lowest BCUT2D eigenvalue weighted by Gasteiger charge is -2.20. The van der Waals surface area contributed by atoms with E-state index >= 15 is 0 Å². The van der Waals surface area contributed by atoms with Gasteiger partial charge in [-0.15, -0.1) is 0 Å². The number of thioether (sulfide) groups is 1. The number of fused-ring (bicyclic) bond motifs is 1. The molecule has 0 atom stereocenters. The summed E-state index contributed by atoms with van der Waals surface area (Å²) in [6.45, 7) is 6.02. The maximum Gasteiger partial charge on any atom is 0.283 e. The third-order valence-corrected chi connectivity index (χ3v) is 7.18. The van der Waals surface area contributed by atoms with E-state index in [9.17, 15) is 9.18 Å². The second-order valence-corrected chi connectivity index (χ2v) is 9.89. The van der Waals surface area contributed by atoms with Crippen molar-refractivity contribution in [3.8, 4) is 5.69 Å². The number of rotatable bonds is 8. The number of aryl methyl sites for hydroxylation is 1. The van der Waals surface area contributed by atoms with Crippen molar-refractivity contribution in [2.24, 2.45) is 10.1 Å². The molecule has 0 radical (unpaired) electrons. The van der Waals surface area contributed by atoms with Crippen LogP contribution in [0.1, 0.15) is 62.4 Å². The first-order valence-corrected chi connectivity index (χ1v) is 12.6. The summed E-state index contributed by atoms with van der Waals surface area (Å²) in [5.74, 6) is -0.898. The average molecular weight is 500 g/mol. The summed E-state index contributed by atoms with van der Waals surface area (Å²) in [6.07, 6.45) is 8.34. The molecule has 9 heteroatoms. The fourth-order valence-electron chi connectivity index (χ4n) is 4.12. The van der Waals surface area contributed by atoms with E-state index in [0.29, 0.717) is 5.17 Å². The molecule has 178 valence electrons. The Hall–Kier alpha value is -2.71. The normalized spacial score (nSPS) is 16.9. The number of hydrogen-bond acceptors (Lipinski definition) is 4. The van der Waals surface area contributed by atoms with Gasteiger partial charge in [0.15, 0.2) is 5.84 Å². The van der Waals surface area contributed by atoms with E-state index in [1.807, 2.05) is 24.5 Å². The maximum atomic E-state index is 13.6. The van der Waals surface area contributed by atoms with Crippen molar-refractivity contribution in [1.82, 2.24) is 9.58 Å². The van der Waals surface area contributed by atoms with Gasteiger partial charge in [0, 0.05) is 17.1 Å². The van der Waals surface area contributed by atoms with E-state index in [1.54, 1.807) is 18.2 Å². The number of aliphatic imine (C=N–C) groups is 1. The van der Waals surface area contributed by atoms with Gasteiger partial charge in [0.2, 0.25) is 5.17 Å². The lowest BCUT2D eigenvalue weighted by Crippen LogP contribution is -2.35. The van der Waals surface area contributed by atoms with Crippen molar-refractivity contribution in [1.29, 1.82) is 5.41 Å². The van der Waals surface area contributed by atoms with Gasteiger partial charge in [0.1, 0.15) is 10.9 Å². The summed E-state index contributed by atoms with van der Waals surface area (Å²) >= 11 is 7.35. The first-order valence-electron chi connectivity index (χ1n) is 11.4. The largest absolute Gasteiger partial charge is 0.318 e. The SMILES string of the molecule is CCCCCCCC1=NN2C(=N)/C(=C/c3cc(C)n(-c4ccc(F)c(Cl)c4)c3C)C(=O)N=C2S1. The number of carbonyl (C=O) groups excluding carboxylic acids is 1. The van der Waals surface area contributed by atoms with Gasteiger partial charge in [-0.05, 0) is 74.4 Å². The molecule has 1 aromatic carbocycles. The summed E-state index contributed by atoms with van der Waals surface area (Å²) in [6, 6.07) is 6.47. The number of amides is 1. The minimum atomic E-state index is -0.477. The topological polar surface area (TPSA) is 73.8 Å². The molecule has 0 unspecified atom stereocenters. The second kappa shape index (κ2) is 10.3. The zero-order chi connectivity index (χ0) is 24.4. The standard InChI is InChI=1S/C25H27ClFN5OS/c1-4-5-6-7-8-9-22-30-32-23(28)19(24(33)29-25(32)34-22)13-17-12-15(2)31(16(17)3)18-10-11-21(27)20(26)14-18/h10-14,28H,4-9H2,1-3H3/b19-13-,28-23?. The first-order chi connectivity index (χ1) is 16.3. The third kappa shape index (κ3) is 4.88. The lowest BCUT2D eigenvalue weighted by atomic mass is 10.1. The van der Waals surface area contributed by atoms with E-state index in [0.717, 1.165) is 46.9 Å². The van der Waals surface area contributed by atoms with Crippen LogP contribution in [0.4, 0.5) is 4.39 Å². The molecule has 1 aromatic heterocycles. The Labute approximate surface area is 208 Å². The number of unbranched alkanes of at least 4 members (excludes halogenated alkanes) is 4. The van der Waals surface area contributed by atoms with Gasteiger partial charge in [-0.1, -0.05) is 44.2 Å². The predicted octanol–water partition coefficient (Wildman–Crippen LogP) is 6.87. The maximum absolute atomic E-state index is 13.6. The van der Waals surface area contributed by atoms with Crippen molar-refractivity contribution in [2.75, 3.05) is 0 Å². The summed E-state index contributed by atoms with van der Waals surface area (Å²) < 4.78 is 15.6. The smallest absolute Gasteiger partial charge is 0.283 e. The quantitative estimate of drug-likeness (QED) is 0.318. The van der Waals surface area contributed by atoms with Crippen LogP contribution in [0.2, 0.25) is 5.02 Å². The number of hydrazone groups is 1. The Morgan fingerprint density at radius 3 is 2.68 bits per heavy atom. The zero-order valence-electron chi connectivity index (χ0n) is 19.5. The molecule has 0 aliphatic carbocycles. The van der Waals surface area contributed by atoms with Crippen LogP contribution in [-0.2, 0) is 4.79 Å². The summed E-state index contributed by atoms with van der Waals surface area (Å²) in [7, 11) is 0. The number of hydrogen-bond donors (Lipinski definition) is 1. The molecule has 4 rings (SSSR count). The van der Waals surface area contributed by atoms with Gasteiger partial charge in [-0.25, -0.2) is 4.39 Å². The Kier molecular flexibility index (Phi) is 7.38. The van der Waals surface area contributed by atoms with Crippen LogP contribution in [-0.4, -0.2) is 31.5 Å². The molecule has 2 aromatic rings. The van der Waals surface area contributed by atoms with E-state index < -0.39 is 11.7 Å². The van der Waals surface area contributed by atoms with Crippen molar-refractivity contribution in [3.63, 3.8) is 0 Å². The van der Waals surface area contributed by atoms with Crippen molar-refractivity contribution >= 4 is 51.4 Å². The number of halogens is 2. The lowest BCUT2D eigenvalue weighted by molar-refractivity contribution is -0.114. The molecule has 0 spiro atoms. The molecular weight excluding hydrogens is 473 g/mol. The fourth-order valence-corrected chi connectivity index (χ4v) is 5.22. The summed E-state index contributed by atoms with van der Waals surface area (Å²) in [5, 5.41) is 16.0. The van der Waals surface area contributed by atoms with E-state index in [2.05, 4.69) is 17.0 Å². The van der Waals surface area contributed by atoms with Crippen LogP contribution in [0, 0.1) is 25.1 Å². The molecule has 3 heterocycles. The monoisotopic (exact) mass is 499 g/mol. The van der Waals surface area contributed by atoms with Gasteiger partial charge >= 0.3 is 0 Å². The molecule has 6 nitrogen and oxygen atoms in total. The van der Waals surface area contributed by atoms with Gasteiger partial charge in [0.05, 0.1) is 10.6 Å². The van der Waals surface area contributed by atoms with Crippen LogP contribution < -0.4 is 0 Å². The number of nitrogens with zero attached hydrogens (tertiary/aromatic N) is 4. The number of amidine groups is 2. The molecular formula is C25H27ClFN5OS. The number of carbonyl (C=O) groups is 1. The Balaban J connectivity index is 1.57. The van der Waals surface area contributed by atoms with Crippen molar-refractivity contribution in [2.45, 2.75) is 59.3 Å². The average Bonchev–Trinajstić information content (AvgIpc) is 3.33. The molecule has 34 heavy (non-hydrogen) atoms. The molecule has 1 N–H and O–H groups in total. The molecule has 2 aliphatic heterocycles. The van der Waals surface area contributed by atoms with Crippen LogP contribution in [0.15, 0.2) is 39.9 Å². The van der Waals surface area contributed by atoms with Crippen LogP contribution >= 0.6 is 23.4 Å². The van der Waals surface area contributed by atoms with E-state index in [-0.39, 0.29) is 16.4 Å². The van der Waals surface area contributed by atoms with Crippen LogP contribution in [0.25, 0.3) is 11.8 Å². The minimum Gasteiger partial charge on any atom is -0.318 e. The number of nitrogens with one attached hydrogen (secondary N) is 1. The Bertz CT molecular complexity index is 1250. The van der Waals surface area contributed by atoms with Crippen LogP contribution in [0.5, 0.6) is 0 Å². The minimum absolute atomic E-state index is 0.0260. The van der Waals surface area contributed by atoms with E-state index in [1.165, 1.54) is 42.1 Å². The molecule has 0 saturated heterocycles. The first kappa shape index (κ1) is 24.4. The van der Waals surface area contributed by atoms with Crippen molar-refractivity contribution in [3.05, 3.63) is 57.6 Å². The van der Waals surface area contributed by atoms with Gasteiger partial charge in [-0.2, -0.15) is 15.1 Å².